The van der Waals surface area contributed by atoms with Crippen LogP contribution in [0.2, 0.25) is 0 Å². The minimum atomic E-state index is -1.04. The minimum Gasteiger partial charge on any atom is -0.453 e. The summed E-state index contributed by atoms with van der Waals surface area (Å²) in [5, 5.41) is 9.86. The van der Waals surface area contributed by atoms with Crippen LogP contribution in [0.1, 0.15) is 27.2 Å². The molecule has 1 saturated carbocycles. The van der Waals surface area contributed by atoms with E-state index in [1.807, 2.05) is 12.2 Å². The summed E-state index contributed by atoms with van der Waals surface area (Å²) in [6.45, 7) is 5.00. The molecule has 4 atom stereocenters. The highest BCUT2D eigenvalue weighted by atomic mass is 16.7. The molecule has 2 rings (SSSR count). The van der Waals surface area contributed by atoms with Gasteiger partial charge in [-0.2, -0.15) is 0 Å². The van der Waals surface area contributed by atoms with E-state index in [2.05, 4.69) is 0 Å². The van der Waals surface area contributed by atoms with Crippen LogP contribution in [0.4, 0.5) is 0 Å². The lowest BCUT2D eigenvalue weighted by Gasteiger charge is -2.24. The van der Waals surface area contributed by atoms with Gasteiger partial charge < -0.3 is 19.3 Å². The van der Waals surface area contributed by atoms with E-state index in [4.69, 9.17) is 14.2 Å². The average molecular weight is 298 g/mol. The van der Waals surface area contributed by atoms with Crippen LogP contribution in [0, 0.1) is 17.8 Å². The van der Waals surface area contributed by atoms with Gasteiger partial charge in [-0.3, -0.25) is 4.79 Å². The van der Waals surface area contributed by atoms with Crippen LogP contribution in [-0.2, 0) is 23.8 Å². The Morgan fingerprint density at radius 3 is 2.57 bits per heavy atom. The van der Waals surface area contributed by atoms with Crippen molar-refractivity contribution in [3.05, 3.63) is 12.2 Å². The van der Waals surface area contributed by atoms with Gasteiger partial charge >= 0.3 is 11.9 Å². The van der Waals surface area contributed by atoms with Crippen molar-refractivity contribution in [2.24, 2.45) is 17.8 Å². The maximum absolute atomic E-state index is 12.0. The van der Waals surface area contributed by atoms with Gasteiger partial charge in [-0.25, -0.2) is 4.79 Å². The number of aliphatic hydroxyl groups is 1. The summed E-state index contributed by atoms with van der Waals surface area (Å²) in [7, 11) is 0. The fraction of sp³-hybridized carbons (Fsp3) is 0.733. The van der Waals surface area contributed by atoms with Crippen LogP contribution in [0.5, 0.6) is 0 Å². The Morgan fingerprint density at radius 2 is 2.05 bits per heavy atom. The molecular weight excluding hydrogens is 276 g/mol. The van der Waals surface area contributed by atoms with Gasteiger partial charge in [-0.05, 0) is 13.3 Å². The molecule has 2 bridgehead atoms. The van der Waals surface area contributed by atoms with Crippen molar-refractivity contribution in [1.82, 2.24) is 0 Å². The topological polar surface area (TPSA) is 82.1 Å². The summed E-state index contributed by atoms with van der Waals surface area (Å²) in [4.78, 5) is 23.6. The zero-order valence-corrected chi connectivity index (χ0v) is 12.6. The van der Waals surface area contributed by atoms with Gasteiger partial charge in [-0.15, -0.1) is 0 Å². The normalized spacial score (nSPS) is 30.5. The van der Waals surface area contributed by atoms with Crippen LogP contribution in [-0.4, -0.2) is 42.1 Å². The van der Waals surface area contributed by atoms with Gasteiger partial charge in [0.1, 0.15) is 0 Å². The second-order valence-electron chi connectivity index (χ2n) is 5.87. The average Bonchev–Trinajstić information content (AvgIpc) is 2.91. The first-order chi connectivity index (χ1) is 9.84. The van der Waals surface area contributed by atoms with Gasteiger partial charge in [0.2, 0.25) is 5.79 Å². The second kappa shape index (κ2) is 6.15. The van der Waals surface area contributed by atoms with E-state index in [9.17, 15) is 14.7 Å². The van der Waals surface area contributed by atoms with Crippen molar-refractivity contribution in [2.75, 3.05) is 13.2 Å². The van der Waals surface area contributed by atoms with E-state index in [-0.39, 0.29) is 17.8 Å². The fourth-order valence-electron chi connectivity index (χ4n) is 3.00. The number of carbonyl (C=O) groups excluding carboxylic acids is 2. The molecule has 2 aliphatic rings. The minimum absolute atomic E-state index is 0.0244. The largest absolute Gasteiger partial charge is 0.453 e. The number of rotatable bonds is 6. The van der Waals surface area contributed by atoms with E-state index < -0.39 is 30.4 Å². The molecule has 6 nitrogen and oxygen atoms in total. The number of hydrogen-bond acceptors (Lipinski definition) is 6. The van der Waals surface area contributed by atoms with Crippen molar-refractivity contribution in [3.63, 3.8) is 0 Å². The van der Waals surface area contributed by atoms with Crippen LogP contribution in [0.3, 0.4) is 0 Å². The van der Waals surface area contributed by atoms with Gasteiger partial charge in [-0.1, -0.05) is 12.2 Å². The van der Waals surface area contributed by atoms with E-state index in [0.29, 0.717) is 13.0 Å². The van der Waals surface area contributed by atoms with Gasteiger partial charge in [0.15, 0.2) is 6.61 Å². The molecule has 0 aromatic heterocycles. The summed E-state index contributed by atoms with van der Waals surface area (Å²) in [6, 6.07) is 0. The van der Waals surface area contributed by atoms with E-state index in [1.165, 1.54) is 0 Å². The summed E-state index contributed by atoms with van der Waals surface area (Å²) in [6.07, 6.45) is 3.84. The third-order valence-corrected chi connectivity index (χ3v) is 3.89. The Kier molecular flexibility index (Phi) is 4.68. The van der Waals surface area contributed by atoms with E-state index in [1.54, 1.807) is 20.8 Å². The molecule has 0 saturated heterocycles. The predicted octanol–water partition coefficient (Wildman–Crippen LogP) is 1.03. The molecule has 1 N–H and O–H groups in total. The smallest absolute Gasteiger partial charge is 0.346 e. The molecule has 4 unspecified atom stereocenters. The zero-order valence-electron chi connectivity index (χ0n) is 12.6. The number of esters is 2. The van der Waals surface area contributed by atoms with Crippen LogP contribution in [0.15, 0.2) is 12.2 Å². The monoisotopic (exact) mass is 298 g/mol. The van der Waals surface area contributed by atoms with Crippen molar-refractivity contribution in [3.8, 4) is 0 Å². The molecule has 2 aliphatic carbocycles. The molecule has 0 spiro atoms. The summed E-state index contributed by atoms with van der Waals surface area (Å²) in [5.41, 5.74) is 0. The highest BCUT2D eigenvalue weighted by Gasteiger charge is 2.47. The predicted molar refractivity (Wildman–Crippen MR) is 73.0 cm³/mol. The highest BCUT2D eigenvalue weighted by Crippen LogP contribution is 2.44. The number of hydrogen-bond donors (Lipinski definition) is 1. The Bertz CT molecular complexity index is 441. The quantitative estimate of drug-likeness (QED) is 0.448. The first-order valence-corrected chi connectivity index (χ1v) is 7.23. The van der Waals surface area contributed by atoms with Crippen molar-refractivity contribution >= 4 is 11.9 Å². The number of ether oxygens (including phenoxy) is 3. The first-order valence-electron chi connectivity index (χ1n) is 7.23. The number of fused-ring (bicyclic) bond motifs is 2. The van der Waals surface area contributed by atoms with Crippen molar-refractivity contribution < 1.29 is 28.9 Å². The maximum Gasteiger partial charge on any atom is 0.346 e. The molecule has 118 valence electrons. The SMILES string of the molecule is CCOC(C)(C)OC(=O)COC(=O)C1CC2C=CC1C2O. The second-order valence-corrected chi connectivity index (χ2v) is 5.87. The molecule has 1 fully saturated rings. The standard InChI is InChI=1S/C15H22O6/c1-4-20-15(2,3)21-12(16)8-19-14(18)11-7-9-5-6-10(11)13(9)17/h5-6,9-11,13,17H,4,7-8H2,1-3H3. The zero-order chi connectivity index (χ0) is 15.6. The Labute approximate surface area is 124 Å². The molecule has 0 aliphatic heterocycles. The maximum atomic E-state index is 12.0. The van der Waals surface area contributed by atoms with Crippen LogP contribution in [0.25, 0.3) is 0 Å². The summed E-state index contributed by atoms with van der Waals surface area (Å²) >= 11 is 0. The Balaban J connectivity index is 1.77. The Hall–Kier alpha value is -1.40. The molecule has 0 aromatic rings. The first kappa shape index (κ1) is 16.0. The van der Waals surface area contributed by atoms with Crippen LogP contribution < -0.4 is 0 Å². The molecule has 0 radical (unpaired) electrons. The van der Waals surface area contributed by atoms with Gasteiger partial charge in [0.05, 0.1) is 12.0 Å². The van der Waals surface area contributed by atoms with Gasteiger partial charge in [0.25, 0.3) is 0 Å². The number of carbonyl (C=O) groups is 2. The molecule has 21 heavy (non-hydrogen) atoms. The van der Waals surface area contributed by atoms with E-state index in [0.717, 1.165) is 0 Å². The summed E-state index contributed by atoms with van der Waals surface area (Å²) < 4.78 is 15.3. The highest BCUT2D eigenvalue weighted by molar-refractivity contribution is 5.79. The molecular formula is C15H22O6. The molecule has 0 amide bonds. The fourth-order valence-corrected chi connectivity index (χ4v) is 3.00. The number of aliphatic hydroxyl groups excluding tert-OH is 1. The lowest BCUT2D eigenvalue weighted by molar-refractivity contribution is -0.218. The van der Waals surface area contributed by atoms with Crippen molar-refractivity contribution in [1.29, 1.82) is 0 Å². The molecule has 0 heterocycles. The summed E-state index contributed by atoms with van der Waals surface area (Å²) in [5.74, 6) is -2.69. The third-order valence-electron chi connectivity index (χ3n) is 3.89. The Morgan fingerprint density at radius 1 is 1.33 bits per heavy atom. The lowest BCUT2D eigenvalue weighted by atomic mass is 9.94. The van der Waals surface area contributed by atoms with Gasteiger partial charge in [0, 0.05) is 32.3 Å². The molecule has 0 aromatic carbocycles. The van der Waals surface area contributed by atoms with Crippen molar-refractivity contribution in [2.45, 2.75) is 39.1 Å². The molecule has 6 heteroatoms. The third kappa shape index (κ3) is 3.63. The van der Waals surface area contributed by atoms with E-state index >= 15 is 0 Å². The lowest BCUT2D eigenvalue weighted by Crippen LogP contribution is -2.34. The van der Waals surface area contributed by atoms with Crippen LogP contribution >= 0.6 is 0 Å².